The minimum atomic E-state index is -0.0917. The number of carbonyl (C=O) groups is 1. The van der Waals surface area contributed by atoms with Gasteiger partial charge in [0.05, 0.1) is 6.54 Å². The van der Waals surface area contributed by atoms with E-state index >= 15 is 0 Å². The topological polar surface area (TPSA) is 81.2 Å². The van der Waals surface area contributed by atoms with Crippen molar-refractivity contribution in [3.05, 3.63) is 82.2 Å². The lowest BCUT2D eigenvalue weighted by molar-refractivity contribution is -0.132. The predicted octanol–water partition coefficient (Wildman–Crippen LogP) is 1.99. The van der Waals surface area contributed by atoms with Gasteiger partial charge in [0.15, 0.2) is 5.89 Å². The minimum Gasteiger partial charge on any atom is -0.445 e. The van der Waals surface area contributed by atoms with Crippen molar-refractivity contribution in [3.8, 4) is 0 Å². The SMILES string of the molecule is O=C(CCn1ccccc1=O)N1CCc2oc(CCc3cccnc3)nc2C1. The van der Waals surface area contributed by atoms with Crippen LogP contribution in [0, 0.1) is 0 Å². The second kappa shape index (κ2) is 8.21. The normalized spacial score (nSPS) is 13.4. The standard InChI is InChI=1S/C21H22N4O3/c26-20-5-1-2-11-24(20)13-9-21(27)25-12-8-18-17(15-25)23-19(28-18)7-6-16-4-3-10-22-14-16/h1-5,10-11,14H,6-9,12-13,15H2. The molecule has 0 unspecified atom stereocenters. The number of rotatable bonds is 6. The van der Waals surface area contributed by atoms with Crippen molar-refractivity contribution < 1.29 is 9.21 Å². The maximum absolute atomic E-state index is 12.6. The molecule has 0 saturated carbocycles. The van der Waals surface area contributed by atoms with Gasteiger partial charge < -0.3 is 13.9 Å². The zero-order chi connectivity index (χ0) is 19.3. The minimum absolute atomic E-state index is 0.0290. The van der Waals surface area contributed by atoms with Crippen LogP contribution < -0.4 is 5.56 Å². The lowest BCUT2D eigenvalue weighted by Crippen LogP contribution is -2.36. The molecule has 0 fully saturated rings. The fraction of sp³-hybridized carbons (Fsp3) is 0.333. The third-order valence-electron chi connectivity index (χ3n) is 4.94. The third kappa shape index (κ3) is 4.19. The molecule has 7 heteroatoms. The van der Waals surface area contributed by atoms with Crippen molar-refractivity contribution in [1.82, 2.24) is 19.4 Å². The van der Waals surface area contributed by atoms with E-state index in [2.05, 4.69) is 9.97 Å². The molecular weight excluding hydrogens is 356 g/mol. The van der Waals surface area contributed by atoms with E-state index in [1.54, 1.807) is 34.0 Å². The van der Waals surface area contributed by atoms with Crippen LogP contribution in [-0.4, -0.2) is 31.9 Å². The van der Waals surface area contributed by atoms with Gasteiger partial charge in [-0.15, -0.1) is 0 Å². The number of aryl methyl sites for hydroxylation is 3. The Kier molecular flexibility index (Phi) is 5.32. The summed E-state index contributed by atoms with van der Waals surface area (Å²) in [6.45, 7) is 1.47. The largest absolute Gasteiger partial charge is 0.445 e. The van der Waals surface area contributed by atoms with Crippen molar-refractivity contribution in [2.75, 3.05) is 6.54 Å². The number of amides is 1. The van der Waals surface area contributed by atoms with Gasteiger partial charge in [-0.05, 0) is 24.1 Å². The highest BCUT2D eigenvalue weighted by atomic mass is 16.4. The maximum Gasteiger partial charge on any atom is 0.250 e. The van der Waals surface area contributed by atoms with Crippen LogP contribution in [0.1, 0.15) is 29.3 Å². The molecule has 1 aliphatic heterocycles. The van der Waals surface area contributed by atoms with Gasteiger partial charge in [-0.2, -0.15) is 0 Å². The van der Waals surface area contributed by atoms with Crippen molar-refractivity contribution >= 4 is 5.91 Å². The van der Waals surface area contributed by atoms with Crippen molar-refractivity contribution in [3.63, 3.8) is 0 Å². The molecule has 3 aromatic rings. The molecule has 0 aromatic carbocycles. The summed E-state index contributed by atoms with van der Waals surface area (Å²) >= 11 is 0. The number of aromatic nitrogens is 3. The van der Waals surface area contributed by atoms with E-state index in [0.717, 1.165) is 23.4 Å². The Bertz CT molecular complexity index is 1010. The van der Waals surface area contributed by atoms with E-state index in [1.807, 2.05) is 18.3 Å². The molecule has 1 amide bonds. The van der Waals surface area contributed by atoms with Crippen LogP contribution in [0.5, 0.6) is 0 Å². The molecule has 0 aliphatic carbocycles. The molecule has 4 rings (SSSR count). The van der Waals surface area contributed by atoms with Crippen LogP contribution in [0.3, 0.4) is 0 Å². The van der Waals surface area contributed by atoms with Gasteiger partial charge in [-0.25, -0.2) is 4.98 Å². The smallest absolute Gasteiger partial charge is 0.250 e. The predicted molar refractivity (Wildman–Crippen MR) is 103 cm³/mol. The summed E-state index contributed by atoms with van der Waals surface area (Å²) in [5.41, 5.74) is 1.90. The lowest BCUT2D eigenvalue weighted by atomic mass is 10.1. The monoisotopic (exact) mass is 378 g/mol. The van der Waals surface area contributed by atoms with Crippen LogP contribution in [-0.2, 0) is 37.1 Å². The van der Waals surface area contributed by atoms with Gasteiger partial charge in [0, 0.05) is 57.0 Å². The first-order valence-corrected chi connectivity index (χ1v) is 9.48. The molecule has 28 heavy (non-hydrogen) atoms. The van der Waals surface area contributed by atoms with E-state index < -0.39 is 0 Å². The number of hydrogen-bond donors (Lipinski definition) is 0. The van der Waals surface area contributed by atoms with Gasteiger partial charge in [-0.1, -0.05) is 12.1 Å². The van der Waals surface area contributed by atoms with Gasteiger partial charge >= 0.3 is 0 Å². The summed E-state index contributed by atoms with van der Waals surface area (Å²) < 4.78 is 7.44. The molecule has 0 saturated heterocycles. The van der Waals surface area contributed by atoms with E-state index in [-0.39, 0.29) is 11.5 Å². The molecular formula is C21H22N4O3. The molecule has 0 bridgehead atoms. The van der Waals surface area contributed by atoms with Crippen LogP contribution in [0.15, 0.2) is 58.1 Å². The van der Waals surface area contributed by atoms with Gasteiger partial charge in [0.2, 0.25) is 5.91 Å². The zero-order valence-electron chi connectivity index (χ0n) is 15.6. The van der Waals surface area contributed by atoms with Crippen molar-refractivity contribution in [2.24, 2.45) is 0 Å². The molecule has 7 nitrogen and oxygen atoms in total. The van der Waals surface area contributed by atoms with E-state index in [1.165, 1.54) is 6.07 Å². The summed E-state index contributed by atoms with van der Waals surface area (Å²) in [6, 6.07) is 8.95. The number of pyridine rings is 2. The Labute approximate surface area is 162 Å². The van der Waals surface area contributed by atoms with E-state index in [4.69, 9.17) is 4.42 Å². The van der Waals surface area contributed by atoms with Gasteiger partial charge in [0.1, 0.15) is 11.5 Å². The molecule has 0 radical (unpaired) electrons. The fourth-order valence-electron chi connectivity index (χ4n) is 3.39. The average molecular weight is 378 g/mol. The molecule has 1 aliphatic rings. The van der Waals surface area contributed by atoms with Crippen LogP contribution in [0.25, 0.3) is 0 Å². The number of nitrogens with zero attached hydrogens (tertiary/aromatic N) is 4. The van der Waals surface area contributed by atoms with E-state index in [0.29, 0.717) is 44.8 Å². The second-order valence-electron chi connectivity index (χ2n) is 6.89. The number of carbonyl (C=O) groups excluding carboxylic acids is 1. The Balaban J connectivity index is 1.34. The van der Waals surface area contributed by atoms with Crippen molar-refractivity contribution in [2.45, 2.75) is 38.8 Å². The number of fused-ring (bicyclic) bond motifs is 1. The molecule has 0 atom stereocenters. The first-order valence-electron chi connectivity index (χ1n) is 9.48. The summed E-state index contributed by atoms with van der Waals surface area (Å²) in [6.07, 6.45) is 7.81. The number of hydrogen-bond acceptors (Lipinski definition) is 5. The van der Waals surface area contributed by atoms with Crippen LogP contribution >= 0.6 is 0 Å². The molecule has 0 N–H and O–H groups in total. The highest BCUT2D eigenvalue weighted by molar-refractivity contribution is 5.76. The Hall–Kier alpha value is -3.22. The first kappa shape index (κ1) is 18.2. The van der Waals surface area contributed by atoms with Gasteiger partial charge in [0.25, 0.3) is 5.56 Å². The second-order valence-corrected chi connectivity index (χ2v) is 6.89. The Morgan fingerprint density at radius 1 is 1.18 bits per heavy atom. The fourth-order valence-corrected chi connectivity index (χ4v) is 3.39. The summed E-state index contributed by atoms with van der Waals surface area (Å²) in [4.78, 5) is 34.8. The quantitative estimate of drug-likeness (QED) is 0.655. The lowest BCUT2D eigenvalue weighted by Gasteiger charge is -2.25. The van der Waals surface area contributed by atoms with Gasteiger partial charge in [-0.3, -0.25) is 14.6 Å². The zero-order valence-corrected chi connectivity index (χ0v) is 15.6. The number of oxazole rings is 1. The summed E-state index contributed by atoms with van der Waals surface area (Å²) in [7, 11) is 0. The molecule has 3 aromatic heterocycles. The highest BCUT2D eigenvalue weighted by Gasteiger charge is 2.25. The molecule has 144 valence electrons. The maximum atomic E-state index is 12.6. The third-order valence-corrected chi connectivity index (χ3v) is 4.94. The molecule has 0 spiro atoms. The van der Waals surface area contributed by atoms with Crippen LogP contribution in [0.2, 0.25) is 0 Å². The first-order chi connectivity index (χ1) is 13.7. The Morgan fingerprint density at radius 3 is 2.93 bits per heavy atom. The molecule has 4 heterocycles. The average Bonchev–Trinajstić information content (AvgIpc) is 3.14. The summed E-state index contributed by atoms with van der Waals surface area (Å²) in [5, 5.41) is 0. The van der Waals surface area contributed by atoms with E-state index in [9.17, 15) is 9.59 Å². The van der Waals surface area contributed by atoms with Crippen molar-refractivity contribution in [1.29, 1.82) is 0 Å². The highest BCUT2D eigenvalue weighted by Crippen LogP contribution is 2.21. The summed E-state index contributed by atoms with van der Waals surface area (Å²) in [5.74, 6) is 1.62. The Morgan fingerprint density at radius 2 is 2.11 bits per heavy atom. The van der Waals surface area contributed by atoms with Crippen LogP contribution in [0.4, 0.5) is 0 Å².